The van der Waals surface area contributed by atoms with E-state index in [1.54, 1.807) is 0 Å². The van der Waals surface area contributed by atoms with Crippen molar-refractivity contribution in [3.8, 4) is 0 Å². The van der Waals surface area contributed by atoms with Crippen LogP contribution in [0.2, 0.25) is 0 Å². The molecule has 0 heterocycles. The highest BCUT2D eigenvalue weighted by Gasteiger charge is 2.30. The maximum absolute atomic E-state index is 12.3. The summed E-state index contributed by atoms with van der Waals surface area (Å²) < 4.78 is 5.46. The number of carbonyl (C=O) groups excluding carboxylic acids is 1. The minimum atomic E-state index is 0.0181. The minimum absolute atomic E-state index is 0.0181. The van der Waals surface area contributed by atoms with Crippen LogP contribution in [-0.2, 0) is 22.6 Å². The third kappa shape index (κ3) is 6.20. The molecule has 150 valence electrons. The van der Waals surface area contributed by atoms with Gasteiger partial charge in [0.15, 0.2) is 0 Å². The van der Waals surface area contributed by atoms with Crippen LogP contribution in [0.25, 0.3) is 0 Å². The molecule has 1 fully saturated rings. The maximum atomic E-state index is 12.3. The van der Waals surface area contributed by atoms with Crippen LogP contribution < -0.4 is 0 Å². The molecule has 1 aliphatic rings. The average Bonchev–Trinajstić information content (AvgIpc) is 2.75. The number of esters is 1. The predicted molar refractivity (Wildman–Crippen MR) is 114 cm³/mol. The Labute approximate surface area is 169 Å². The van der Waals surface area contributed by atoms with Crippen LogP contribution in [0.3, 0.4) is 0 Å². The highest BCUT2D eigenvalue weighted by Crippen LogP contribution is 2.30. The number of unbranched alkanes of at least 4 members (excludes halogenated alkanes) is 1. The number of hydrogen-bond donors (Lipinski definition) is 0. The zero-order valence-electron chi connectivity index (χ0n) is 17.1. The Kier molecular flexibility index (Phi) is 8.10. The first-order valence-corrected chi connectivity index (χ1v) is 10.7. The first-order chi connectivity index (χ1) is 13.8. The van der Waals surface area contributed by atoms with Crippen molar-refractivity contribution >= 4 is 5.97 Å². The predicted octanol–water partition coefficient (Wildman–Crippen LogP) is 5.59. The van der Waals surface area contributed by atoms with Gasteiger partial charge in [0.05, 0.1) is 12.5 Å². The lowest BCUT2D eigenvalue weighted by molar-refractivity contribution is -0.150. The van der Waals surface area contributed by atoms with Crippen LogP contribution in [0.15, 0.2) is 60.7 Å². The van der Waals surface area contributed by atoms with Gasteiger partial charge in [0, 0.05) is 19.1 Å². The molecule has 0 saturated heterocycles. The van der Waals surface area contributed by atoms with Crippen LogP contribution in [-0.4, -0.2) is 23.5 Å². The van der Waals surface area contributed by atoms with Gasteiger partial charge >= 0.3 is 5.97 Å². The minimum Gasteiger partial charge on any atom is -0.465 e. The Hall–Kier alpha value is -2.13. The molecule has 0 radical (unpaired) electrons. The molecule has 3 heteroatoms. The topological polar surface area (TPSA) is 29.5 Å². The summed E-state index contributed by atoms with van der Waals surface area (Å²) in [6, 6.07) is 21.9. The zero-order chi connectivity index (χ0) is 19.6. The molecule has 0 unspecified atom stereocenters. The Morgan fingerprint density at radius 1 is 0.893 bits per heavy atom. The fraction of sp³-hybridized carbons (Fsp3) is 0.480. The molecule has 0 N–H and O–H groups in total. The maximum Gasteiger partial charge on any atom is 0.308 e. The summed E-state index contributed by atoms with van der Waals surface area (Å²) in [5.74, 6) is 0.105. The second-order valence-electron chi connectivity index (χ2n) is 7.90. The van der Waals surface area contributed by atoms with Crippen molar-refractivity contribution in [2.75, 3.05) is 6.61 Å². The summed E-state index contributed by atoms with van der Waals surface area (Å²) >= 11 is 0. The summed E-state index contributed by atoms with van der Waals surface area (Å²) in [6.45, 7) is 4.59. The number of nitrogens with zero attached hydrogens (tertiary/aromatic N) is 1. The van der Waals surface area contributed by atoms with E-state index in [-0.39, 0.29) is 11.9 Å². The Morgan fingerprint density at radius 2 is 1.43 bits per heavy atom. The number of hydrogen-bond acceptors (Lipinski definition) is 3. The zero-order valence-corrected chi connectivity index (χ0v) is 17.1. The number of rotatable bonds is 9. The third-order valence-corrected chi connectivity index (χ3v) is 5.75. The fourth-order valence-electron chi connectivity index (χ4n) is 4.06. The van der Waals surface area contributed by atoms with Crippen molar-refractivity contribution in [1.29, 1.82) is 0 Å². The van der Waals surface area contributed by atoms with Crippen LogP contribution in [0.4, 0.5) is 0 Å². The lowest BCUT2D eigenvalue weighted by Gasteiger charge is -2.36. The monoisotopic (exact) mass is 379 g/mol. The van der Waals surface area contributed by atoms with Gasteiger partial charge in [-0.25, -0.2) is 0 Å². The quantitative estimate of drug-likeness (QED) is 0.420. The molecule has 0 aliphatic heterocycles. The van der Waals surface area contributed by atoms with E-state index in [4.69, 9.17) is 4.74 Å². The molecule has 0 atom stereocenters. The van der Waals surface area contributed by atoms with Crippen LogP contribution >= 0.6 is 0 Å². The van der Waals surface area contributed by atoms with E-state index in [0.29, 0.717) is 12.6 Å². The van der Waals surface area contributed by atoms with Crippen molar-refractivity contribution in [2.45, 2.75) is 64.6 Å². The van der Waals surface area contributed by atoms with E-state index >= 15 is 0 Å². The molecule has 0 bridgehead atoms. The van der Waals surface area contributed by atoms with Gasteiger partial charge < -0.3 is 4.74 Å². The normalized spacial score (nSPS) is 19.5. The van der Waals surface area contributed by atoms with E-state index in [2.05, 4.69) is 72.5 Å². The highest BCUT2D eigenvalue weighted by atomic mass is 16.5. The van der Waals surface area contributed by atoms with Crippen LogP contribution in [0, 0.1) is 5.92 Å². The van der Waals surface area contributed by atoms with Gasteiger partial charge in [-0.3, -0.25) is 9.69 Å². The molecule has 2 aromatic rings. The van der Waals surface area contributed by atoms with E-state index in [1.165, 1.54) is 11.1 Å². The van der Waals surface area contributed by atoms with Crippen molar-refractivity contribution in [3.63, 3.8) is 0 Å². The summed E-state index contributed by atoms with van der Waals surface area (Å²) in [5, 5.41) is 0. The van der Waals surface area contributed by atoms with Gasteiger partial charge in [-0.1, -0.05) is 74.0 Å². The van der Waals surface area contributed by atoms with Crippen molar-refractivity contribution in [1.82, 2.24) is 4.90 Å². The molecule has 28 heavy (non-hydrogen) atoms. The van der Waals surface area contributed by atoms with Crippen molar-refractivity contribution < 1.29 is 9.53 Å². The van der Waals surface area contributed by atoms with Gasteiger partial charge in [0.2, 0.25) is 0 Å². The first-order valence-electron chi connectivity index (χ1n) is 10.7. The lowest BCUT2D eigenvalue weighted by Crippen LogP contribution is -2.38. The Morgan fingerprint density at radius 3 is 1.93 bits per heavy atom. The van der Waals surface area contributed by atoms with Gasteiger partial charge in [0.1, 0.15) is 0 Å². The van der Waals surface area contributed by atoms with Crippen molar-refractivity contribution in [2.24, 2.45) is 5.92 Å². The molecule has 0 spiro atoms. The number of ether oxygens (including phenoxy) is 1. The molecule has 3 nitrogen and oxygen atoms in total. The van der Waals surface area contributed by atoms with E-state index in [0.717, 1.165) is 51.6 Å². The Balaban J connectivity index is 1.60. The third-order valence-electron chi connectivity index (χ3n) is 5.75. The summed E-state index contributed by atoms with van der Waals surface area (Å²) in [4.78, 5) is 14.9. The summed E-state index contributed by atoms with van der Waals surface area (Å²) in [5.41, 5.74) is 2.69. The van der Waals surface area contributed by atoms with Gasteiger partial charge in [-0.05, 0) is 43.2 Å². The smallest absolute Gasteiger partial charge is 0.308 e. The summed E-state index contributed by atoms with van der Waals surface area (Å²) in [7, 11) is 0. The Bertz CT molecular complexity index is 652. The average molecular weight is 380 g/mol. The highest BCUT2D eigenvalue weighted by molar-refractivity contribution is 5.72. The number of carbonyl (C=O) groups is 1. The van der Waals surface area contributed by atoms with Gasteiger partial charge in [-0.15, -0.1) is 0 Å². The summed E-state index contributed by atoms with van der Waals surface area (Å²) in [6.07, 6.45) is 6.03. The number of benzene rings is 2. The molecule has 2 aromatic carbocycles. The van der Waals surface area contributed by atoms with Crippen LogP contribution in [0.1, 0.15) is 56.6 Å². The van der Waals surface area contributed by atoms with E-state index < -0.39 is 0 Å². The molecule has 3 rings (SSSR count). The molecule has 1 aliphatic carbocycles. The molecular formula is C25H33NO2. The largest absolute Gasteiger partial charge is 0.465 e. The molecule has 0 amide bonds. The van der Waals surface area contributed by atoms with E-state index in [1.807, 2.05) is 0 Å². The molecular weight excluding hydrogens is 346 g/mol. The lowest BCUT2D eigenvalue weighted by atomic mass is 9.85. The molecule has 1 saturated carbocycles. The van der Waals surface area contributed by atoms with Gasteiger partial charge in [-0.2, -0.15) is 0 Å². The molecule has 0 aromatic heterocycles. The van der Waals surface area contributed by atoms with Crippen LogP contribution in [0.5, 0.6) is 0 Å². The fourth-order valence-corrected chi connectivity index (χ4v) is 4.06. The van der Waals surface area contributed by atoms with Crippen molar-refractivity contribution in [3.05, 3.63) is 71.8 Å². The second-order valence-corrected chi connectivity index (χ2v) is 7.90. The van der Waals surface area contributed by atoms with Gasteiger partial charge in [0.25, 0.3) is 0 Å². The second kappa shape index (κ2) is 11.0. The first kappa shape index (κ1) is 20.6. The SMILES string of the molecule is CCCCOC(=O)[C@H]1CC[C@H](N(Cc2ccccc2)Cc2ccccc2)CC1. The van der Waals surface area contributed by atoms with E-state index in [9.17, 15) is 4.79 Å². The standard InChI is InChI=1S/C25H33NO2/c1-2-3-18-28-25(27)23-14-16-24(17-15-23)26(19-21-10-6-4-7-11-21)20-22-12-8-5-9-13-22/h4-13,23-24H,2-3,14-20H2,1H3/t23-,24-.